The summed E-state index contributed by atoms with van der Waals surface area (Å²) in [6.07, 6.45) is 1.52. The molecule has 1 aliphatic heterocycles. The van der Waals surface area contributed by atoms with Crippen molar-refractivity contribution >= 4 is 39.6 Å². The van der Waals surface area contributed by atoms with Gasteiger partial charge in [-0.25, -0.2) is 14.2 Å². The van der Waals surface area contributed by atoms with Crippen LogP contribution in [-0.2, 0) is 16.1 Å². The van der Waals surface area contributed by atoms with E-state index in [9.17, 15) is 19.3 Å². The van der Waals surface area contributed by atoms with Gasteiger partial charge >= 0.3 is 5.97 Å². The molecule has 0 spiro atoms. The average molecular weight is 527 g/mol. The maximum absolute atomic E-state index is 13.1. The Morgan fingerprint density at radius 3 is 2.65 bits per heavy atom. The predicted octanol–water partition coefficient (Wildman–Crippen LogP) is 5.43. The second-order valence-corrected chi connectivity index (χ2v) is 7.95. The summed E-state index contributed by atoms with van der Waals surface area (Å²) in [5.74, 6) is -0.199. The summed E-state index contributed by atoms with van der Waals surface area (Å²) in [6.45, 7) is 0.0781. The molecule has 0 radical (unpaired) electrons. The normalized spacial score (nSPS) is 14.0. The highest BCUT2D eigenvalue weighted by Gasteiger charge is 2.24. The maximum atomic E-state index is 13.1. The van der Waals surface area contributed by atoms with Gasteiger partial charge in [-0.15, -0.1) is 0 Å². The first kappa shape index (κ1) is 23.1. The van der Waals surface area contributed by atoms with Crippen molar-refractivity contribution in [2.75, 3.05) is 7.11 Å². The average Bonchev–Trinajstić information content (AvgIpc) is 3.18. The number of esters is 1. The summed E-state index contributed by atoms with van der Waals surface area (Å²) in [6, 6.07) is 14.9. The molecule has 0 saturated carbocycles. The Labute approximate surface area is 201 Å². The van der Waals surface area contributed by atoms with Crippen LogP contribution >= 0.6 is 15.9 Å². The summed E-state index contributed by atoms with van der Waals surface area (Å²) in [5.41, 5.74) is 1.71. The number of hydrogen-bond acceptors (Lipinski definition) is 7. The molecule has 4 rings (SSSR count). The van der Waals surface area contributed by atoms with Gasteiger partial charge in [-0.2, -0.15) is 0 Å². The lowest BCUT2D eigenvalue weighted by atomic mass is 10.1. The first-order valence-corrected chi connectivity index (χ1v) is 10.7. The lowest BCUT2D eigenvalue weighted by Gasteiger charge is -2.13. The van der Waals surface area contributed by atoms with Gasteiger partial charge in [-0.05, 0) is 69.5 Å². The zero-order valence-electron chi connectivity index (χ0n) is 17.7. The van der Waals surface area contributed by atoms with Crippen molar-refractivity contribution < 1.29 is 28.3 Å². The molecule has 0 saturated heterocycles. The number of carbonyl (C=O) groups is 1. The molecule has 34 heavy (non-hydrogen) atoms. The molecular weight excluding hydrogens is 511 g/mol. The summed E-state index contributed by atoms with van der Waals surface area (Å²) in [7, 11) is 1.47. The fourth-order valence-electron chi connectivity index (χ4n) is 3.16. The number of ether oxygens (including phenoxy) is 3. The Morgan fingerprint density at radius 1 is 1.18 bits per heavy atom. The van der Waals surface area contributed by atoms with Crippen molar-refractivity contribution in [2.24, 2.45) is 4.99 Å². The maximum Gasteiger partial charge on any atom is 0.363 e. The topological polar surface area (TPSA) is 100 Å². The first-order valence-electron chi connectivity index (χ1n) is 9.86. The summed E-state index contributed by atoms with van der Waals surface area (Å²) in [5, 5.41) is 11.0. The third-order valence-electron chi connectivity index (χ3n) is 4.77. The van der Waals surface area contributed by atoms with Gasteiger partial charge in [-0.1, -0.05) is 12.1 Å². The molecule has 3 aromatic rings. The Morgan fingerprint density at radius 2 is 1.94 bits per heavy atom. The number of aliphatic imine (C=N–C) groups is 1. The molecule has 0 aliphatic carbocycles. The Kier molecular flexibility index (Phi) is 6.69. The summed E-state index contributed by atoms with van der Waals surface area (Å²) >= 11 is 3.44. The zero-order valence-corrected chi connectivity index (χ0v) is 19.2. The number of rotatable bonds is 7. The second kappa shape index (κ2) is 9.84. The number of carbonyl (C=O) groups excluding carboxylic acids is 1. The van der Waals surface area contributed by atoms with Crippen LogP contribution in [0.4, 0.5) is 10.1 Å². The molecule has 0 N–H and O–H groups in total. The van der Waals surface area contributed by atoms with Gasteiger partial charge in [0.2, 0.25) is 5.90 Å². The highest BCUT2D eigenvalue weighted by molar-refractivity contribution is 9.10. The van der Waals surface area contributed by atoms with E-state index in [1.165, 1.54) is 49.6 Å². The van der Waals surface area contributed by atoms with Gasteiger partial charge in [0.1, 0.15) is 12.4 Å². The van der Waals surface area contributed by atoms with Gasteiger partial charge in [-0.3, -0.25) is 10.1 Å². The number of benzene rings is 3. The minimum Gasteiger partial charge on any atom is -0.493 e. The molecule has 0 amide bonds. The molecule has 3 aromatic carbocycles. The van der Waals surface area contributed by atoms with Gasteiger partial charge in [0, 0.05) is 17.7 Å². The van der Waals surface area contributed by atoms with E-state index >= 15 is 0 Å². The monoisotopic (exact) mass is 526 g/mol. The number of halogens is 2. The van der Waals surface area contributed by atoms with E-state index in [4.69, 9.17) is 14.2 Å². The number of nitrogens with zero attached hydrogens (tertiary/aromatic N) is 2. The third-order valence-corrected chi connectivity index (χ3v) is 5.36. The SMILES string of the molecule is COc1cc(/C=C2\N=C(c3ccc(F)cc3)OC2=O)cc(Br)c1OCc1cccc([N+](=O)[O-])c1. The predicted molar refractivity (Wildman–Crippen MR) is 125 cm³/mol. The highest BCUT2D eigenvalue weighted by Crippen LogP contribution is 2.38. The second-order valence-electron chi connectivity index (χ2n) is 7.09. The van der Waals surface area contributed by atoms with Crippen LogP contribution in [0.2, 0.25) is 0 Å². The van der Waals surface area contributed by atoms with Crippen LogP contribution in [0.3, 0.4) is 0 Å². The Hall–Kier alpha value is -4.05. The molecular formula is C24H16BrFN2O6. The van der Waals surface area contributed by atoms with Crippen molar-refractivity contribution in [1.29, 1.82) is 0 Å². The van der Waals surface area contributed by atoms with E-state index in [0.29, 0.717) is 32.7 Å². The van der Waals surface area contributed by atoms with Crippen molar-refractivity contribution in [3.63, 3.8) is 0 Å². The molecule has 1 heterocycles. The lowest BCUT2D eigenvalue weighted by molar-refractivity contribution is -0.384. The number of nitro groups is 1. The van der Waals surface area contributed by atoms with E-state index < -0.39 is 16.7 Å². The Balaban J connectivity index is 1.57. The number of nitro benzene ring substituents is 1. The minimum atomic E-state index is -0.639. The van der Waals surface area contributed by atoms with Gasteiger partial charge < -0.3 is 14.2 Å². The van der Waals surface area contributed by atoms with Gasteiger partial charge in [0.05, 0.1) is 16.5 Å². The zero-order chi connectivity index (χ0) is 24.2. The van der Waals surface area contributed by atoms with Crippen molar-refractivity contribution in [3.8, 4) is 11.5 Å². The quantitative estimate of drug-likeness (QED) is 0.176. The first-order chi connectivity index (χ1) is 16.3. The summed E-state index contributed by atoms with van der Waals surface area (Å²) in [4.78, 5) is 27.0. The van der Waals surface area contributed by atoms with Crippen LogP contribution in [0, 0.1) is 15.9 Å². The molecule has 0 aromatic heterocycles. The molecule has 0 fully saturated rings. The van der Waals surface area contributed by atoms with Gasteiger partial charge in [0.25, 0.3) is 5.69 Å². The standard InChI is InChI=1S/C24H16BrFN2O6/c1-32-21-12-15(11-20-24(29)34-23(27-20)16-5-7-17(26)8-6-16)10-19(25)22(21)33-13-14-3-2-4-18(9-14)28(30)31/h2-12H,13H2,1H3/b20-11-. The van der Waals surface area contributed by atoms with E-state index in [0.717, 1.165) is 0 Å². The molecule has 0 unspecified atom stereocenters. The molecule has 172 valence electrons. The van der Waals surface area contributed by atoms with Crippen LogP contribution in [-0.4, -0.2) is 23.9 Å². The van der Waals surface area contributed by atoms with E-state index in [2.05, 4.69) is 20.9 Å². The lowest BCUT2D eigenvalue weighted by Crippen LogP contribution is -2.05. The molecule has 0 bridgehead atoms. The molecule has 1 aliphatic rings. The van der Waals surface area contributed by atoms with Crippen LogP contribution in [0.5, 0.6) is 11.5 Å². The largest absolute Gasteiger partial charge is 0.493 e. The van der Waals surface area contributed by atoms with E-state index in [1.807, 2.05) is 0 Å². The number of methoxy groups -OCH3 is 1. The fourth-order valence-corrected chi connectivity index (χ4v) is 3.74. The number of non-ortho nitro benzene ring substituents is 1. The van der Waals surface area contributed by atoms with E-state index in [1.54, 1.807) is 24.3 Å². The van der Waals surface area contributed by atoms with E-state index in [-0.39, 0.29) is 23.9 Å². The molecule has 8 nitrogen and oxygen atoms in total. The van der Waals surface area contributed by atoms with Crippen LogP contribution < -0.4 is 9.47 Å². The van der Waals surface area contributed by atoms with Crippen molar-refractivity contribution in [3.05, 3.63) is 103 Å². The molecule has 10 heteroatoms. The fraction of sp³-hybridized carbons (Fsp3) is 0.0833. The number of hydrogen-bond donors (Lipinski definition) is 0. The van der Waals surface area contributed by atoms with Gasteiger partial charge in [0.15, 0.2) is 17.2 Å². The number of cyclic esters (lactones) is 1. The minimum absolute atomic E-state index is 0.0295. The van der Waals surface area contributed by atoms with Crippen LogP contribution in [0.1, 0.15) is 16.7 Å². The van der Waals surface area contributed by atoms with Crippen molar-refractivity contribution in [2.45, 2.75) is 6.61 Å². The third kappa shape index (κ3) is 5.12. The summed E-state index contributed by atoms with van der Waals surface area (Å²) < 4.78 is 30.2. The smallest absolute Gasteiger partial charge is 0.363 e. The van der Waals surface area contributed by atoms with Crippen molar-refractivity contribution in [1.82, 2.24) is 0 Å². The van der Waals surface area contributed by atoms with Crippen LogP contribution in [0.25, 0.3) is 6.08 Å². The van der Waals surface area contributed by atoms with Crippen LogP contribution in [0.15, 0.2) is 75.8 Å². The Bertz CT molecular complexity index is 1340. The molecule has 0 atom stereocenters. The highest BCUT2D eigenvalue weighted by atomic mass is 79.9.